The molecule has 1 rings (SSSR count). The van der Waals surface area contributed by atoms with Crippen LogP contribution in [0.3, 0.4) is 0 Å². The van der Waals surface area contributed by atoms with Crippen molar-refractivity contribution in [1.29, 1.82) is 0 Å². The van der Waals surface area contributed by atoms with Crippen molar-refractivity contribution in [3.05, 3.63) is 12.4 Å². The first-order chi connectivity index (χ1) is 5.83. The summed E-state index contributed by atoms with van der Waals surface area (Å²) in [7, 11) is -1.84. The molecule has 0 aromatic rings. The van der Waals surface area contributed by atoms with Crippen LogP contribution >= 0.6 is 0 Å². The summed E-state index contributed by atoms with van der Waals surface area (Å²) < 4.78 is 27.2. The molecule has 1 aliphatic rings. The van der Waals surface area contributed by atoms with E-state index in [0.717, 1.165) is 13.2 Å². The van der Waals surface area contributed by atoms with Gasteiger partial charge < -0.3 is 14.4 Å². The summed E-state index contributed by atoms with van der Waals surface area (Å²) in [6, 6.07) is 0. The van der Waals surface area contributed by atoms with Crippen LogP contribution in [0.2, 0.25) is 0 Å². The SMILES string of the molecule is CCN1C=CN(C)C1.CS(=O)(=O)[O-]. The van der Waals surface area contributed by atoms with E-state index in [9.17, 15) is 0 Å². The number of rotatable bonds is 1. The summed E-state index contributed by atoms with van der Waals surface area (Å²) in [5.74, 6) is 0. The maximum atomic E-state index is 9.08. The zero-order valence-electron chi connectivity index (χ0n) is 8.10. The second kappa shape index (κ2) is 5.08. The maximum Gasteiger partial charge on any atom is 0.0916 e. The van der Waals surface area contributed by atoms with Gasteiger partial charge >= 0.3 is 0 Å². The highest BCUT2D eigenvalue weighted by atomic mass is 32.2. The molecule has 0 amide bonds. The van der Waals surface area contributed by atoms with Gasteiger partial charge in [0.15, 0.2) is 0 Å². The van der Waals surface area contributed by atoms with E-state index in [1.165, 1.54) is 0 Å². The molecule has 0 aromatic carbocycles. The van der Waals surface area contributed by atoms with Gasteiger partial charge in [0.25, 0.3) is 0 Å². The van der Waals surface area contributed by atoms with Gasteiger partial charge in [-0.15, -0.1) is 0 Å². The molecule has 13 heavy (non-hydrogen) atoms. The van der Waals surface area contributed by atoms with Crippen molar-refractivity contribution < 1.29 is 13.0 Å². The summed E-state index contributed by atoms with van der Waals surface area (Å²) in [5.41, 5.74) is 0. The van der Waals surface area contributed by atoms with Gasteiger partial charge in [0, 0.05) is 32.2 Å². The van der Waals surface area contributed by atoms with E-state index in [1.54, 1.807) is 0 Å². The number of hydrogen-bond donors (Lipinski definition) is 0. The molecule has 0 N–H and O–H groups in total. The van der Waals surface area contributed by atoms with Crippen LogP contribution in [-0.4, -0.2) is 49.3 Å². The molecule has 0 atom stereocenters. The second-order valence-electron chi connectivity index (χ2n) is 2.81. The van der Waals surface area contributed by atoms with Gasteiger partial charge in [0.2, 0.25) is 0 Å². The third kappa shape index (κ3) is 9.16. The van der Waals surface area contributed by atoms with Crippen LogP contribution in [0.25, 0.3) is 0 Å². The molecule has 1 heterocycles. The van der Waals surface area contributed by atoms with Crippen molar-refractivity contribution in [2.45, 2.75) is 6.92 Å². The van der Waals surface area contributed by atoms with Gasteiger partial charge in [0.1, 0.15) is 0 Å². The van der Waals surface area contributed by atoms with Gasteiger partial charge in [-0.1, -0.05) is 0 Å². The van der Waals surface area contributed by atoms with Gasteiger partial charge in [0.05, 0.1) is 16.8 Å². The predicted octanol–water partition coefficient (Wildman–Crippen LogP) is -0.156. The molecule has 0 saturated carbocycles. The Kier molecular flexibility index (Phi) is 4.79. The minimum Gasteiger partial charge on any atom is -0.748 e. The highest BCUT2D eigenvalue weighted by Gasteiger charge is 2.03. The first kappa shape index (κ1) is 12.2. The Bertz CT molecular complexity index is 253. The largest absolute Gasteiger partial charge is 0.748 e. The lowest BCUT2D eigenvalue weighted by Gasteiger charge is -2.14. The van der Waals surface area contributed by atoms with Gasteiger partial charge in [-0.3, -0.25) is 0 Å². The Morgan fingerprint density at radius 2 is 1.92 bits per heavy atom. The fourth-order valence-corrected chi connectivity index (χ4v) is 0.794. The highest BCUT2D eigenvalue weighted by molar-refractivity contribution is 7.84. The standard InChI is InChI=1S/C6H12N2.CH4O3S/c1-3-8-5-4-7(2)6-8;1-5(2,3)4/h4-5H,3,6H2,1-2H3;1H3,(H,2,3,4)/p-1. The van der Waals surface area contributed by atoms with E-state index in [4.69, 9.17) is 13.0 Å². The monoisotopic (exact) mass is 207 g/mol. The van der Waals surface area contributed by atoms with Crippen LogP contribution < -0.4 is 0 Å². The van der Waals surface area contributed by atoms with Gasteiger partial charge in [-0.2, -0.15) is 0 Å². The Morgan fingerprint density at radius 1 is 1.46 bits per heavy atom. The molecular weight excluding hydrogens is 192 g/mol. The number of hydrogen-bond acceptors (Lipinski definition) is 5. The molecule has 0 aliphatic carbocycles. The van der Waals surface area contributed by atoms with Crippen molar-refractivity contribution in [1.82, 2.24) is 9.80 Å². The second-order valence-corrected chi connectivity index (χ2v) is 4.21. The third-order valence-corrected chi connectivity index (χ3v) is 1.34. The average molecular weight is 207 g/mol. The molecule has 0 unspecified atom stereocenters. The van der Waals surface area contributed by atoms with Crippen LogP contribution in [-0.2, 0) is 10.1 Å². The van der Waals surface area contributed by atoms with Crippen molar-refractivity contribution in [2.24, 2.45) is 0 Å². The van der Waals surface area contributed by atoms with Gasteiger partial charge in [-0.25, -0.2) is 8.42 Å². The summed E-state index contributed by atoms with van der Waals surface area (Å²) in [5, 5.41) is 0. The topological polar surface area (TPSA) is 63.7 Å². The molecule has 0 spiro atoms. The lowest BCUT2D eigenvalue weighted by molar-refractivity contribution is 0.308. The van der Waals surface area contributed by atoms with E-state index >= 15 is 0 Å². The van der Waals surface area contributed by atoms with Crippen LogP contribution in [0.4, 0.5) is 0 Å². The summed E-state index contributed by atoms with van der Waals surface area (Å²) >= 11 is 0. The molecule has 0 fully saturated rings. The summed E-state index contributed by atoms with van der Waals surface area (Å²) in [6.45, 7) is 4.32. The normalized spacial score (nSPS) is 15.7. The fourth-order valence-electron chi connectivity index (χ4n) is 0.794. The summed E-state index contributed by atoms with van der Waals surface area (Å²) in [4.78, 5) is 4.41. The van der Waals surface area contributed by atoms with Gasteiger partial charge in [-0.05, 0) is 6.92 Å². The minimum absolute atomic E-state index is 0.604. The van der Waals surface area contributed by atoms with Crippen molar-refractivity contribution in [3.8, 4) is 0 Å². The first-order valence-electron chi connectivity index (χ1n) is 3.86. The molecule has 1 aliphatic heterocycles. The van der Waals surface area contributed by atoms with Crippen LogP contribution in [0.1, 0.15) is 6.92 Å². The molecule has 0 radical (unpaired) electrons. The van der Waals surface area contributed by atoms with E-state index in [-0.39, 0.29) is 0 Å². The van der Waals surface area contributed by atoms with Crippen molar-refractivity contribution >= 4 is 10.1 Å². The van der Waals surface area contributed by atoms with Crippen LogP contribution in [0.15, 0.2) is 12.4 Å². The third-order valence-electron chi connectivity index (χ3n) is 1.34. The number of nitrogens with zero attached hydrogens (tertiary/aromatic N) is 2. The van der Waals surface area contributed by atoms with Crippen molar-refractivity contribution in [3.63, 3.8) is 0 Å². The van der Waals surface area contributed by atoms with E-state index in [2.05, 4.69) is 36.2 Å². The maximum absolute atomic E-state index is 9.08. The summed E-state index contributed by atoms with van der Waals surface area (Å²) in [6.07, 6.45) is 4.80. The first-order valence-corrected chi connectivity index (χ1v) is 5.68. The van der Waals surface area contributed by atoms with E-state index < -0.39 is 10.1 Å². The molecule has 0 bridgehead atoms. The predicted molar refractivity (Wildman–Crippen MR) is 49.8 cm³/mol. The van der Waals surface area contributed by atoms with Crippen LogP contribution in [0.5, 0.6) is 0 Å². The Labute approximate surface area is 79.4 Å². The Balaban J connectivity index is 0.000000252. The quantitative estimate of drug-likeness (QED) is 0.559. The molecule has 0 saturated heterocycles. The zero-order chi connectivity index (χ0) is 10.5. The average Bonchev–Trinajstić information content (AvgIpc) is 2.31. The zero-order valence-corrected chi connectivity index (χ0v) is 8.91. The smallest absolute Gasteiger partial charge is 0.0916 e. The minimum atomic E-state index is -3.92. The molecular formula is C7H15N2O3S-. The lowest BCUT2D eigenvalue weighted by Crippen LogP contribution is -2.21. The highest BCUT2D eigenvalue weighted by Crippen LogP contribution is 2.00. The fraction of sp³-hybridized carbons (Fsp3) is 0.714. The Hall–Kier alpha value is -0.750. The van der Waals surface area contributed by atoms with E-state index in [0.29, 0.717) is 6.26 Å². The van der Waals surface area contributed by atoms with Crippen LogP contribution in [0, 0.1) is 0 Å². The molecule has 0 aromatic heterocycles. The van der Waals surface area contributed by atoms with E-state index in [1.807, 2.05) is 0 Å². The van der Waals surface area contributed by atoms with Crippen molar-refractivity contribution in [2.75, 3.05) is 26.5 Å². The lowest BCUT2D eigenvalue weighted by atomic mass is 10.6. The molecule has 6 heteroatoms. The molecule has 5 nitrogen and oxygen atoms in total. The molecule has 78 valence electrons. The Morgan fingerprint density at radius 3 is 2.08 bits per heavy atom.